The molecular formula is C15H19N3O2S. The standard InChI is InChI=1S/C15H19N3O2S/c1-8-3-5-17-15-11(8)12(16)13(21-15)14(19)18-9(2)10-4-6-20-7-10/h3,5,9-10H,4,6-7,16H2,1-2H3,(H,18,19). The lowest BCUT2D eigenvalue weighted by molar-refractivity contribution is 0.0927. The Hall–Kier alpha value is -1.66. The summed E-state index contributed by atoms with van der Waals surface area (Å²) in [4.78, 5) is 18.1. The highest BCUT2D eigenvalue weighted by molar-refractivity contribution is 7.21. The topological polar surface area (TPSA) is 77.2 Å². The largest absolute Gasteiger partial charge is 0.397 e. The predicted octanol–water partition coefficient (Wildman–Crippen LogP) is 2.34. The van der Waals surface area contributed by atoms with Crippen LogP contribution in [0.3, 0.4) is 0 Å². The van der Waals surface area contributed by atoms with Crippen molar-refractivity contribution in [1.82, 2.24) is 10.3 Å². The van der Waals surface area contributed by atoms with E-state index in [0.29, 0.717) is 23.1 Å². The zero-order valence-electron chi connectivity index (χ0n) is 12.2. The monoisotopic (exact) mass is 305 g/mol. The fourth-order valence-electron chi connectivity index (χ4n) is 2.71. The molecule has 1 fully saturated rings. The third-order valence-electron chi connectivity index (χ3n) is 4.07. The molecule has 0 aromatic carbocycles. The summed E-state index contributed by atoms with van der Waals surface area (Å²) in [7, 11) is 0. The van der Waals surface area contributed by atoms with Crippen LogP contribution in [0, 0.1) is 12.8 Å². The van der Waals surface area contributed by atoms with Gasteiger partial charge in [0, 0.05) is 30.1 Å². The van der Waals surface area contributed by atoms with E-state index < -0.39 is 0 Å². The van der Waals surface area contributed by atoms with E-state index in [1.54, 1.807) is 6.20 Å². The molecule has 3 rings (SSSR count). The van der Waals surface area contributed by atoms with Gasteiger partial charge < -0.3 is 15.8 Å². The first-order valence-electron chi connectivity index (χ1n) is 7.10. The molecule has 0 bridgehead atoms. The van der Waals surface area contributed by atoms with E-state index >= 15 is 0 Å². The highest BCUT2D eigenvalue weighted by Gasteiger charge is 2.26. The molecule has 1 amide bonds. The van der Waals surface area contributed by atoms with Crippen molar-refractivity contribution in [3.63, 3.8) is 0 Å². The van der Waals surface area contributed by atoms with Crippen LogP contribution in [0.2, 0.25) is 0 Å². The highest BCUT2D eigenvalue weighted by Crippen LogP contribution is 2.34. The Bertz CT molecular complexity index is 677. The van der Waals surface area contributed by atoms with Crippen molar-refractivity contribution >= 4 is 33.1 Å². The van der Waals surface area contributed by atoms with E-state index in [2.05, 4.69) is 10.3 Å². The Morgan fingerprint density at radius 3 is 3.10 bits per heavy atom. The molecule has 2 aromatic rings. The van der Waals surface area contributed by atoms with Crippen molar-refractivity contribution in [2.75, 3.05) is 18.9 Å². The van der Waals surface area contributed by atoms with E-state index in [1.165, 1.54) is 11.3 Å². The number of nitrogens with two attached hydrogens (primary N) is 1. The number of nitrogens with zero attached hydrogens (tertiary/aromatic N) is 1. The number of aromatic nitrogens is 1. The van der Waals surface area contributed by atoms with Gasteiger partial charge >= 0.3 is 0 Å². The molecule has 2 aromatic heterocycles. The predicted molar refractivity (Wildman–Crippen MR) is 84.6 cm³/mol. The van der Waals surface area contributed by atoms with Gasteiger partial charge in [-0.15, -0.1) is 11.3 Å². The summed E-state index contributed by atoms with van der Waals surface area (Å²) >= 11 is 1.35. The fourth-order valence-corrected chi connectivity index (χ4v) is 3.75. The summed E-state index contributed by atoms with van der Waals surface area (Å²) in [5.41, 5.74) is 7.74. The average molecular weight is 305 g/mol. The number of nitrogen functional groups attached to an aromatic ring is 1. The number of pyridine rings is 1. The second-order valence-electron chi connectivity index (χ2n) is 5.54. The van der Waals surface area contributed by atoms with Crippen LogP contribution in [0.4, 0.5) is 5.69 Å². The minimum absolute atomic E-state index is 0.0821. The molecule has 0 aliphatic carbocycles. The van der Waals surface area contributed by atoms with Gasteiger partial charge in [-0.2, -0.15) is 0 Å². The van der Waals surface area contributed by atoms with Crippen LogP contribution in [0.5, 0.6) is 0 Å². The number of hydrogen-bond donors (Lipinski definition) is 2. The molecule has 0 radical (unpaired) electrons. The SMILES string of the molecule is Cc1ccnc2sc(C(=O)NC(C)C3CCOC3)c(N)c12. The van der Waals surface area contributed by atoms with E-state index in [0.717, 1.165) is 28.8 Å². The van der Waals surface area contributed by atoms with E-state index in [9.17, 15) is 4.79 Å². The van der Waals surface area contributed by atoms with Gasteiger partial charge in [0.05, 0.1) is 12.3 Å². The molecule has 112 valence electrons. The second kappa shape index (κ2) is 5.61. The number of nitrogens with one attached hydrogen (secondary N) is 1. The van der Waals surface area contributed by atoms with E-state index in [-0.39, 0.29) is 11.9 Å². The summed E-state index contributed by atoms with van der Waals surface area (Å²) in [5.74, 6) is 0.263. The fraction of sp³-hybridized carbons (Fsp3) is 0.467. The number of carbonyl (C=O) groups is 1. The molecule has 6 heteroatoms. The molecule has 5 nitrogen and oxygen atoms in total. The first-order valence-corrected chi connectivity index (χ1v) is 7.91. The highest BCUT2D eigenvalue weighted by atomic mass is 32.1. The number of hydrogen-bond acceptors (Lipinski definition) is 5. The number of aryl methyl sites for hydroxylation is 1. The van der Waals surface area contributed by atoms with Crippen molar-refractivity contribution in [2.45, 2.75) is 26.3 Å². The van der Waals surface area contributed by atoms with Gasteiger partial charge in [0.25, 0.3) is 5.91 Å². The van der Waals surface area contributed by atoms with Crippen LogP contribution in [0.25, 0.3) is 10.2 Å². The molecule has 0 saturated carbocycles. The maximum Gasteiger partial charge on any atom is 0.263 e. The first-order chi connectivity index (χ1) is 10.1. The third kappa shape index (κ3) is 2.61. The molecule has 0 spiro atoms. The smallest absolute Gasteiger partial charge is 0.263 e. The maximum absolute atomic E-state index is 12.5. The van der Waals surface area contributed by atoms with Crippen molar-refractivity contribution in [1.29, 1.82) is 0 Å². The number of anilines is 1. The van der Waals surface area contributed by atoms with Crippen molar-refractivity contribution in [3.05, 3.63) is 22.7 Å². The maximum atomic E-state index is 12.5. The lowest BCUT2D eigenvalue weighted by Gasteiger charge is -2.18. The summed E-state index contributed by atoms with van der Waals surface area (Å²) < 4.78 is 5.37. The van der Waals surface area contributed by atoms with E-state index in [1.807, 2.05) is 19.9 Å². The Balaban J connectivity index is 1.84. The van der Waals surface area contributed by atoms with Crippen LogP contribution in [-0.4, -0.2) is 30.1 Å². The van der Waals surface area contributed by atoms with Gasteiger partial charge in [-0.05, 0) is 31.9 Å². The number of rotatable bonds is 3. The third-order valence-corrected chi connectivity index (χ3v) is 5.19. The summed E-state index contributed by atoms with van der Waals surface area (Å²) in [6, 6.07) is 1.99. The Morgan fingerprint density at radius 1 is 1.62 bits per heavy atom. The van der Waals surface area contributed by atoms with Crippen molar-refractivity contribution in [3.8, 4) is 0 Å². The van der Waals surface area contributed by atoms with Crippen LogP contribution >= 0.6 is 11.3 Å². The van der Waals surface area contributed by atoms with Crippen LogP contribution in [0.15, 0.2) is 12.3 Å². The Morgan fingerprint density at radius 2 is 2.43 bits per heavy atom. The van der Waals surface area contributed by atoms with Crippen molar-refractivity contribution in [2.24, 2.45) is 5.92 Å². The van der Waals surface area contributed by atoms with Gasteiger partial charge in [-0.25, -0.2) is 4.98 Å². The van der Waals surface area contributed by atoms with Gasteiger partial charge in [-0.1, -0.05) is 0 Å². The van der Waals surface area contributed by atoms with Crippen LogP contribution in [-0.2, 0) is 4.74 Å². The minimum Gasteiger partial charge on any atom is -0.397 e. The van der Waals surface area contributed by atoms with Crippen molar-refractivity contribution < 1.29 is 9.53 Å². The zero-order chi connectivity index (χ0) is 15.0. The summed E-state index contributed by atoms with van der Waals surface area (Å²) in [6.45, 7) is 5.49. The van der Waals surface area contributed by atoms with Gasteiger partial charge in [0.15, 0.2) is 0 Å². The molecule has 1 aliphatic heterocycles. The molecular weight excluding hydrogens is 286 g/mol. The van der Waals surface area contributed by atoms with Gasteiger partial charge in [-0.3, -0.25) is 4.79 Å². The molecule has 2 unspecified atom stereocenters. The normalized spacial score (nSPS) is 19.8. The number of carbonyl (C=O) groups excluding carboxylic acids is 1. The van der Waals surface area contributed by atoms with Gasteiger partial charge in [0.1, 0.15) is 9.71 Å². The molecule has 2 atom stereocenters. The summed E-state index contributed by atoms with van der Waals surface area (Å²) in [6.07, 6.45) is 2.73. The summed E-state index contributed by atoms with van der Waals surface area (Å²) in [5, 5.41) is 3.94. The first kappa shape index (κ1) is 14.3. The Labute approximate surface area is 127 Å². The quantitative estimate of drug-likeness (QED) is 0.912. The number of thiophene rings is 1. The second-order valence-corrected chi connectivity index (χ2v) is 6.54. The van der Waals surface area contributed by atoms with Crippen LogP contribution in [0.1, 0.15) is 28.6 Å². The minimum atomic E-state index is -0.116. The number of ether oxygens (including phenoxy) is 1. The average Bonchev–Trinajstić information content (AvgIpc) is 3.07. The molecule has 3 heterocycles. The molecule has 1 saturated heterocycles. The van der Waals surface area contributed by atoms with E-state index in [4.69, 9.17) is 10.5 Å². The Kier molecular flexibility index (Phi) is 3.82. The lowest BCUT2D eigenvalue weighted by Crippen LogP contribution is -2.38. The lowest BCUT2D eigenvalue weighted by atomic mass is 10.0. The molecule has 3 N–H and O–H groups in total. The van der Waals surface area contributed by atoms with Crippen LogP contribution < -0.4 is 11.1 Å². The zero-order valence-corrected chi connectivity index (χ0v) is 13.0. The molecule has 1 aliphatic rings. The number of fused-ring (bicyclic) bond motifs is 1. The number of amides is 1. The van der Waals surface area contributed by atoms with Gasteiger partial charge in [0.2, 0.25) is 0 Å². The molecule has 21 heavy (non-hydrogen) atoms.